The molecular formula is C19H25IN4O2. The molecule has 0 aromatic heterocycles. The van der Waals surface area contributed by atoms with E-state index < -0.39 is 0 Å². The third-order valence-electron chi connectivity index (χ3n) is 3.64. The van der Waals surface area contributed by atoms with Gasteiger partial charge in [0.1, 0.15) is 5.75 Å². The Morgan fingerprint density at radius 1 is 1.19 bits per heavy atom. The number of nitrogens with zero attached hydrogens (tertiary/aromatic N) is 1. The van der Waals surface area contributed by atoms with E-state index in [-0.39, 0.29) is 29.9 Å². The number of nitrogens with two attached hydrogens (primary N) is 1. The molecule has 0 bridgehead atoms. The van der Waals surface area contributed by atoms with Crippen LogP contribution >= 0.6 is 24.0 Å². The molecule has 0 heterocycles. The number of hydrogen-bond donors (Lipinski definition) is 3. The van der Waals surface area contributed by atoms with Crippen molar-refractivity contribution in [2.75, 3.05) is 25.5 Å². The minimum atomic E-state index is -0.153. The number of anilines is 1. The fourth-order valence-corrected chi connectivity index (χ4v) is 2.25. The number of amides is 1. The monoisotopic (exact) mass is 468 g/mol. The van der Waals surface area contributed by atoms with E-state index in [1.54, 1.807) is 31.4 Å². The van der Waals surface area contributed by atoms with Crippen LogP contribution in [0.4, 0.5) is 5.69 Å². The Balaban J connectivity index is 0.00000338. The second-order valence-corrected chi connectivity index (χ2v) is 5.43. The van der Waals surface area contributed by atoms with Crippen molar-refractivity contribution in [1.29, 1.82) is 0 Å². The van der Waals surface area contributed by atoms with E-state index in [1.165, 1.54) is 5.56 Å². The summed E-state index contributed by atoms with van der Waals surface area (Å²) in [6, 6.07) is 14.9. The summed E-state index contributed by atoms with van der Waals surface area (Å²) in [7, 11) is 1.59. The number of halogens is 1. The molecule has 0 spiro atoms. The van der Waals surface area contributed by atoms with Crippen LogP contribution in [-0.2, 0) is 6.42 Å². The van der Waals surface area contributed by atoms with Gasteiger partial charge in [-0.25, -0.2) is 0 Å². The maximum Gasteiger partial charge on any atom is 0.251 e. The number of nitrogens with one attached hydrogen (secondary N) is 2. The summed E-state index contributed by atoms with van der Waals surface area (Å²) < 4.78 is 5.07. The van der Waals surface area contributed by atoms with Crippen molar-refractivity contribution in [3.8, 4) is 5.75 Å². The molecule has 1 amide bonds. The lowest BCUT2D eigenvalue weighted by molar-refractivity contribution is 0.0955. The number of hydrogen-bond acceptors (Lipinski definition) is 3. The number of aryl methyl sites for hydroxylation is 1. The Kier molecular flexibility index (Phi) is 9.50. The molecule has 4 N–H and O–H groups in total. The highest BCUT2D eigenvalue weighted by molar-refractivity contribution is 14.0. The van der Waals surface area contributed by atoms with E-state index in [0.29, 0.717) is 30.4 Å². The minimum absolute atomic E-state index is 0. The van der Waals surface area contributed by atoms with Gasteiger partial charge in [-0.05, 0) is 48.4 Å². The number of methoxy groups -OCH3 is 1. The number of guanidine groups is 1. The second-order valence-electron chi connectivity index (χ2n) is 5.43. The van der Waals surface area contributed by atoms with Gasteiger partial charge in [-0.2, -0.15) is 0 Å². The highest BCUT2D eigenvalue weighted by Gasteiger charge is 2.04. The molecular weight excluding hydrogens is 443 g/mol. The van der Waals surface area contributed by atoms with Crippen molar-refractivity contribution in [1.82, 2.24) is 5.32 Å². The molecule has 0 atom stereocenters. The van der Waals surface area contributed by atoms with Gasteiger partial charge in [0.2, 0.25) is 0 Å². The largest absolute Gasteiger partial charge is 0.497 e. The molecule has 0 aliphatic rings. The lowest BCUT2D eigenvalue weighted by atomic mass is 10.1. The zero-order valence-corrected chi connectivity index (χ0v) is 17.3. The van der Waals surface area contributed by atoms with Gasteiger partial charge < -0.3 is 21.1 Å². The Morgan fingerprint density at radius 2 is 1.92 bits per heavy atom. The van der Waals surface area contributed by atoms with Crippen molar-refractivity contribution in [2.24, 2.45) is 10.7 Å². The average Bonchev–Trinajstić information content (AvgIpc) is 2.65. The van der Waals surface area contributed by atoms with Crippen LogP contribution in [0.15, 0.2) is 53.5 Å². The number of carbonyl (C=O) groups is 1. The summed E-state index contributed by atoms with van der Waals surface area (Å²) in [6.45, 7) is 2.90. The van der Waals surface area contributed by atoms with Gasteiger partial charge in [0, 0.05) is 17.8 Å². The lowest BCUT2D eigenvalue weighted by Gasteiger charge is -2.08. The first-order chi connectivity index (χ1) is 12.1. The smallest absolute Gasteiger partial charge is 0.251 e. The maximum absolute atomic E-state index is 12.0. The van der Waals surface area contributed by atoms with E-state index >= 15 is 0 Å². The predicted octanol–water partition coefficient (Wildman–Crippen LogP) is 3.03. The molecule has 2 aromatic rings. The summed E-state index contributed by atoms with van der Waals surface area (Å²) in [4.78, 5) is 16.2. The molecule has 140 valence electrons. The highest BCUT2D eigenvalue weighted by atomic mass is 127. The fraction of sp³-hybridized carbons (Fsp3) is 0.263. The summed E-state index contributed by atoms with van der Waals surface area (Å²) in [5.74, 6) is 0.888. The van der Waals surface area contributed by atoms with Crippen molar-refractivity contribution in [3.63, 3.8) is 0 Å². The zero-order valence-electron chi connectivity index (χ0n) is 15.0. The first-order valence-electron chi connectivity index (χ1n) is 8.20. The van der Waals surface area contributed by atoms with E-state index in [2.05, 4.69) is 28.6 Å². The predicted molar refractivity (Wildman–Crippen MR) is 117 cm³/mol. The Hall–Kier alpha value is -2.29. The Labute approximate surface area is 171 Å². The summed E-state index contributed by atoms with van der Waals surface area (Å²) >= 11 is 0. The molecule has 0 fully saturated rings. The van der Waals surface area contributed by atoms with Crippen LogP contribution < -0.4 is 21.1 Å². The topological polar surface area (TPSA) is 88.7 Å². The third-order valence-corrected chi connectivity index (χ3v) is 3.64. The molecule has 0 unspecified atom stereocenters. The molecule has 2 aromatic carbocycles. The summed E-state index contributed by atoms with van der Waals surface area (Å²) in [5, 5.41) is 5.85. The van der Waals surface area contributed by atoms with Gasteiger partial charge in [-0.15, -0.1) is 24.0 Å². The van der Waals surface area contributed by atoms with Crippen LogP contribution in [0, 0.1) is 0 Å². The number of carbonyl (C=O) groups excluding carboxylic acids is 1. The Bertz CT molecular complexity index is 733. The number of aliphatic imine (C=N–C) groups is 1. The number of benzene rings is 2. The van der Waals surface area contributed by atoms with Gasteiger partial charge in [0.15, 0.2) is 5.96 Å². The molecule has 6 nitrogen and oxygen atoms in total. The molecule has 26 heavy (non-hydrogen) atoms. The van der Waals surface area contributed by atoms with Crippen molar-refractivity contribution in [2.45, 2.75) is 13.3 Å². The third kappa shape index (κ3) is 6.91. The second kappa shape index (κ2) is 11.3. The summed E-state index contributed by atoms with van der Waals surface area (Å²) in [5.41, 5.74) is 8.58. The van der Waals surface area contributed by atoms with Gasteiger partial charge in [0.05, 0.1) is 13.7 Å². The molecule has 0 aliphatic heterocycles. The van der Waals surface area contributed by atoms with Crippen LogP contribution in [0.1, 0.15) is 22.8 Å². The maximum atomic E-state index is 12.0. The Morgan fingerprint density at radius 3 is 2.58 bits per heavy atom. The highest BCUT2D eigenvalue weighted by Crippen LogP contribution is 2.11. The molecule has 2 rings (SSSR count). The van der Waals surface area contributed by atoms with Crippen LogP contribution in [-0.4, -0.2) is 32.1 Å². The average molecular weight is 468 g/mol. The first kappa shape index (κ1) is 21.8. The quantitative estimate of drug-likeness (QED) is 0.252. The zero-order chi connectivity index (χ0) is 18.1. The van der Waals surface area contributed by atoms with Crippen LogP contribution in [0.2, 0.25) is 0 Å². The van der Waals surface area contributed by atoms with Crippen molar-refractivity contribution in [3.05, 3.63) is 59.7 Å². The lowest BCUT2D eigenvalue weighted by Crippen LogP contribution is -2.28. The standard InChI is InChI=1S/C19H24N4O2.HI/c1-3-14-5-4-6-16(13-14)23-19(20)22-12-11-21-18(24)15-7-9-17(25-2)10-8-15;/h4-10,13H,3,11-12H2,1-2H3,(H,21,24)(H3,20,22,23);1H. The molecule has 0 saturated carbocycles. The van der Waals surface area contributed by atoms with E-state index in [1.807, 2.05) is 18.2 Å². The fourth-order valence-electron chi connectivity index (χ4n) is 2.25. The van der Waals surface area contributed by atoms with Crippen LogP contribution in [0.25, 0.3) is 0 Å². The number of ether oxygens (including phenoxy) is 1. The summed E-state index contributed by atoms with van der Waals surface area (Å²) in [6.07, 6.45) is 0.962. The molecule has 7 heteroatoms. The van der Waals surface area contributed by atoms with E-state index in [9.17, 15) is 4.79 Å². The molecule has 0 aliphatic carbocycles. The van der Waals surface area contributed by atoms with E-state index in [0.717, 1.165) is 12.1 Å². The first-order valence-corrected chi connectivity index (χ1v) is 8.20. The van der Waals surface area contributed by atoms with Gasteiger partial charge >= 0.3 is 0 Å². The van der Waals surface area contributed by atoms with Crippen molar-refractivity contribution >= 4 is 41.5 Å². The minimum Gasteiger partial charge on any atom is -0.497 e. The van der Waals surface area contributed by atoms with Crippen LogP contribution in [0.3, 0.4) is 0 Å². The normalized spacial score (nSPS) is 10.6. The van der Waals surface area contributed by atoms with Crippen molar-refractivity contribution < 1.29 is 9.53 Å². The van der Waals surface area contributed by atoms with Crippen LogP contribution in [0.5, 0.6) is 5.75 Å². The van der Waals surface area contributed by atoms with E-state index in [4.69, 9.17) is 10.5 Å². The van der Waals surface area contributed by atoms with Gasteiger partial charge in [-0.3, -0.25) is 9.79 Å². The SMILES string of the molecule is CCc1cccc(NC(N)=NCCNC(=O)c2ccc(OC)cc2)c1.I. The molecule has 0 saturated heterocycles. The van der Waals surface area contributed by atoms with Gasteiger partial charge in [0.25, 0.3) is 5.91 Å². The van der Waals surface area contributed by atoms with Gasteiger partial charge in [-0.1, -0.05) is 19.1 Å². The number of rotatable bonds is 7. The molecule has 0 radical (unpaired) electrons.